The van der Waals surface area contributed by atoms with Crippen LogP contribution in [0.3, 0.4) is 0 Å². The SMILES string of the molecule is O=CNC(C=S)c1ccccc1. The maximum absolute atomic E-state index is 10.2. The number of amides is 1. The van der Waals surface area contributed by atoms with Crippen LogP contribution in [-0.2, 0) is 4.79 Å². The fourth-order valence-electron chi connectivity index (χ4n) is 0.948. The summed E-state index contributed by atoms with van der Waals surface area (Å²) in [4.78, 5) is 10.2. The zero-order valence-corrected chi connectivity index (χ0v) is 7.25. The molecule has 62 valence electrons. The summed E-state index contributed by atoms with van der Waals surface area (Å²) in [6, 6.07) is 9.43. The summed E-state index contributed by atoms with van der Waals surface area (Å²) >= 11 is 4.77. The first-order valence-corrected chi connectivity index (χ1v) is 4.05. The molecule has 0 saturated heterocycles. The Bertz CT molecular complexity index is 260. The van der Waals surface area contributed by atoms with Gasteiger partial charge in [0.15, 0.2) is 0 Å². The van der Waals surface area contributed by atoms with Gasteiger partial charge >= 0.3 is 0 Å². The largest absolute Gasteiger partial charge is 0.348 e. The topological polar surface area (TPSA) is 29.1 Å². The molecule has 0 aliphatic carbocycles. The van der Waals surface area contributed by atoms with Gasteiger partial charge in [0.2, 0.25) is 6.41 Å². The van der Waals surface area contributed by atoms with Crippen molar-refractivity contribution >= 4 is 24.0 Å². The van der Waals surface area contributed by atoms with Gasteiger partial charge in [0.1, 0.15) is 0 Å². The molecular formula is C9H9NOS. The molecule has 0 radical (unpaired) electrons. The zero-order valence-electron chi connectivity index (χ0n) is 6.44. The van der Waals surface area contributed by atoms with E-state index in [4.69, 9.17) is 12.2 Å². The number of benzene rings is 1. The maximum atomic E-state index is 10.2. The minimum Gasteiger partial charge on any atom is -0.348 e. The minimum atomic E-state index is -0.154. The van der Waals surface area contributed by atoms with Crippen molar-refractivity contribution in [2.75, 3.05) is 0 Å². The van der Waals surface area contributed by atoms with Crippen LogP contribution in [-0.4, -0.2) is 11.8 Å². The Morgan fingerprint density at radius 3 is 2.50 bits per heavy atom. The predicted octanol–water partition coefficient (Wildman–Crippen LogP) is 1.47. The monoisotopic (exact) mass is 179 g/mol. The Balaban J connectivity index is 2.79. The van der Waals surface area contributed by atoms with Gasteiger partial charge < -0.3 is 5.32 Å². The van der Waals surface area contributed by atoms with Crippen molar-refractivity contribution in [3.8, 4) is 0 Å². The summed E-state index contributed by atoms with van der Waals surface area (Å²) in [7, 11) is 0. The lowest BCUT2D eigenvalue weighted by atomic mass is 10.1. The predicted molar refractivity (Wildman–Crippen MR) is 52.0 cm³/mol. The molecule has 0 fully saturated rings. The Labute approximate surface area is 76.6 Å². The molecule has 1 amide bonds. The van der Waals surface area contributed by atoms with Gasteiger partial charge in [0.05, 0.1) is 6.04 Å². The Morgan fingerprint density at radius 2 is 2.00 bits per heavy atom. The van der Waals surface area contributed by atoms with Crippen molar-refractivity contribution in [3.63, 3.8) is 0 Å². The first kappa shape index (κ1) is 8.87. The Kier molecular flexibility index (Phi) is 3.41. The molecule has 0 spiro atoms. The molecule has 0 heterocycles. The van der Waals surface area contributed by atoms with Crippen LogP contribution < -0.4 is 5.32 Å². The normalized spacial score (nSPS) is 11.7. The summed E-state index contributed by atoms with van der Waals surface area (Å²) in [5, 5.41) is 4.14. The summed E-state index contributed by atoms with van der Waals surface area (Å²) in [5.41, 5.74) is 1.000. The second-order valence-corrected chi connectivity index (χ2v) is 2.58. The van der Waals surface area contributed by atoms with E-state index < -0.39 is 0 Å². The third-order valence-corrected chi connectivity index (χ3v) is 1.81. The van der Waals surface area contributed by atoms with Gasteiger partial charge in [0.25, 0.3) is 0 Å². The minimum absolute atomic E-state index is 0.154. The van der Waals surface area contributed by atoms with Crippen molar-refractivity contribution in [1.29, 1.82) is 0 Å². The Morgan fingerprint density at radius 1 is 1.33 bits per heavy atom. The summed E-state index contributed by atoms with van der Waals surface area (Å²) in [6.45, 7) is 0. The average molecular weight is 179 g/mol. The fourth-order valence-corrected chi connectivity index (χ4v) is 1.18. The highest BCUT2D eigenvalue weighted by atomic mass is 32.1. The highest BCUT2D eigenvalue weighted by molar-refractivity contribution is 7.79. The van der Waals surface area contributed by atoms with Crippen LogP contribution in [0.2, 0.25) is 0 Å². The molecule has 1 atom stereocenters. The van der Waals surface area contributed by atoms with Crippen molar-refractivity contribution < 1.29 is 4.79 Å². The standard InChI is InChI=1S/C9H9NOS/c11-7-10-9(6-12)8-4-2-1-3-5-8/h1-7,9H,(H,10,11). The molecule has 1 aromatic carbocycles. The smallest absolute Gasteiger partial charge is 0.207 e. The van der Waals surface area contributed by atoms with E-state index in [9.17, 15) is 4.79 Å². The molecule has 0 saturated carbocycles. The molecule has 0 aromatic heterocycles. The van der Waals surface area contributed by atoms with Crippen LogP contribution in [0.1, 0.15) is 11.6 Å². The lowest BCUT2D eigenvalue weighted by Gasteiger charge is -2.09. The summed E-state index contributed by atoms with van der Waals surface area (Å²) in [5.74, 6) is 0. The highest BCUT2D eigenvalue weighted by Gasteiger charge is 2.03. The quantitative estimate of drug-likeness (QED) is 0.560. The third kappa shape index (κ3) is 2.13. The number of carbonyl (C=O) groups is 1. The number of carbonyl (C=O) groups excluding carboxylic acids is 1. The van der Waals surface area contributed by atoms with Crippen molar-refractivity contribution in [2.45, 2.75) is 6.04 Å². The maximum Gasteiger partial charge on any atom is 0.207 e. The van der Waals surface area contributed by atoms with E-state index >= 15 is 0 Å². The summed E-state index contributed by atoms with van der Waals surface area (Å²) in [6.07, 6.45) is 0.653. The van der Waals surface area contributed by atoms with E-state index in [0.717, 1.165) is 5.56 Å². The number of rotatable bonds is 4. The van der Waals surface area contributed by atoms with Gasteiger partial charge in [-0.3, -0.25) is 4.79 Å². The molecule has 1 aromatic rings. The first-order chi connectivity index (χ1) is 5.88. The molecule has 0 bridgehead atoms. The lowest BCUT2D eigenvalue weighted by molar-refractivity contribution is -0.109. The first-order valence-electron chi connectivity index (χ1n) is 3.58. The van der Waals surface area contributed by atoms with E-state index in [1.165, 1.54) is 5.37 Å². The molecule has 2 nitrogen and oxygen atoms in total. The van der Waals surface area contributed by atoms with Crippen molar-refractivity contribution in [1.82, 2.24) is 5.32 Å². The number of thiocarbonyl (C=S) groups is 1. The highest BCUT2D eigenvalue weighted by Crippen LogP contribution is 2.08. The van der Waals surface area contributed by atoms with E-state index in [1.807, 2.05) is 30.3 Å². The van der Waals surface area contributed by atoms with Crippen LogP contribution in [0.25, 0.3) is 0 Å². The van der Waals surface area contributed by atoms with Crippen LogP contribution in [0.15, 0.2) is 30.3 Å². The second kappa shape index (κ2) is 4.62. The second-order valence-electron chi connectivity index (χ2n) is 2.31. The van der Waals surface area contributed by atoms with E-state index in [2.05, 4.69) is 5.32 Å². The third-order valence-electron chi connectivity index (χ3n) is 1.54. The van der Waals surface area contributed by atoms with Gasteiger partial charge in [-0.15, -0.1) is 0 Å². The van der Waals surface area contributed by atoms with Crippen molar-refractivity contribution in [2.24, 2.45) is 0 Å². The van der Waals surface area contributed by atoms with Crippen LogP contribution in [0, 0.1) is 0 Å². The number of hydrogen-bond acceptors (Lipinski definition) is 2. The average Bonchev–Trinajstić information content (AvgIpc) is 2.15. The van der Waals surface area contributed by atoms with Gasteiger partial charge in [-0.1, -0.05) is 42.5 Å². The van der Waals surface area contributed by atoms with Crippen LogP contribution in [0.5, 0.6) is 0 Å². The summed E-state index contributed by atoms with van der Waals surface area (Å²) < 4.78 is 0. The van der Waals surface area contributed by atoms with Crippen LogP contribution >= 0.6 is 12.2 Å². The fraction of sp³-hybridized carbons (Fsp3) is 0.111. The van der Waals surface area contributed by atoms with Crippen molar-refractivity contribution in [3.05, 3.63) is 35.9 Å². The van der Waals surface area contributed by atoms with Gasteiger partial charge in [-0.05, 0) is 5.56 Å². The van der Waals surface area contributed by atoms with E-state index in [-0.39, 0.29) is 6.04 Å². The van der Waals surface area contributed by atoms with E-state index in [1.54, 1.807) is 0 Å². The van der Waals surface area contributed by atoms with E-state index in [0.29, 0.717) is 6.41 Å². The van der Waals surface area contributed by atoms with Gasteiger partial charge in [0, 0.05) is 5.37 Å². The Hall–Kier alpha value is -1.22. The molecule has 1 unspecified atom stereocenters. The molecule has 12 heavy (non-hydrogen) atoms. The van der Waals surface area contributed by atoms with Gasteiger partial charge in [-0.25, -0.2) is 0 Å². The molecule has 1 rings (SSSR count). The van der Waals surface area contributed by atoms with Gasteiger partial charge in [-0.2, -0.15) is 0 Å². The number of hydrogen-bond donors (Lipinski definition) is 1. The number of nitrogens with one attached hydrogen (secondary N) is 1. The molecule has 0 aliphatic heterocycles. The molecule has 3 heteroatoms. The lowest BCUT2D eigenvalue weighted by Crippen LogP contribution is -2.19. The zero-order chi connectivity index (χ0) is 8.81. The molecule has 0 aliphatic rings. The molecule has 1 N–H and O–H groups in total. The van der Waals surface area contributed by atoms with Crippen LogP contribution in [0.4, 0.5) is 0 Å². The molecular weight excluding hydrogens is 170 g/mol.